The Labute approximate surface area is 115 Å². The molecule has 1 aromatic carbocycles. The summed E-state index contributed by atoms with van der Waals surface area (Å²) in [7, 11) is 4.04. The van der Waals surface area contributed by atoms with E-state index < -0.39 is 0 Å². The first-order chi connectivity index (χ1) is 8.03. The molecule has 4 heteroatoms. The molecule has 0 bridgehead atoms. The van der Waals surface area contributed by atoms with Crippen LogP contribution >= 0.6 is 0 Å². The van der Waals surface area contributed by atoms with Crippen LogP contribution in [-0.2, 0) is 4.79 Å². The Morgan fingerprint density at radius 3 is 2.39 bits per heavy atom. The van der Waals surface area contributed by atoms with Crippen LogP contribution < -0.4 is 18.1 Å². The van der Waals surface area contributed by atoms with Gasteiger partial charge in [0.05, 0.1) is 20.6 Å². The summed E-state index contributed by atoms with van der Waals surface area (Å²) < 4.78 is 0.547. The Bertz CT molecular complexity index is 390. The molecule has 0 amide bonds. The molecule has 1 atom stereocenters. The van der Waals surface area contributed by atoms with E-state index in [2.05, 4.69) is 6.58 Å². The van der Waals surface area contributed by atoms with Gasteiger partial charge in [0.15, 0.2) is 6.04 Å². The molecule has 100 valence electrons. The summed E-state index contributed by atoms with van der Waals surface area (Å²) in [5.41, 5.74) is 6.63. The van der Waals surface area contributed by atoms with Crippen molar-refractivity contribution in [1.82, 2.24) is 0 Å². The molecule has 1 unspecified atom stereocenters. The van der Waals surface area contributed by atoms with Gasteiger partial charge in [-0.2, -0.15) is 0 Å². The van der Waals surface area contributed by atoms with Gasteiger partial charge in [-0.3, -0.25) is 4.79 Å². The highest BCUT2D eigenvalue weighted by Gasteiger charge is 2.33. The minimum atomic E-state index is -0.225. The predicted molar refractivity (Wildman–Crippen MR) is 70.4 cm³/mol. The molecular formula is C14H21ClN2O. The summed E-state index contributed by atoms with van der Waals surface area (Å²) in [6.07, 6.45) is 1.40. The molecular weight excluding hydrogens is 248 g/mol. The molecule has 0 heterocycles. The van der Waals surface area contributed by atoms with Gasteiger partial charge in [-0.15, -0.1) is 0 Å². The second-order valence-electron chi connectivity index (χ2n) is 4.71. The fraction of sp³-hybridized carbons (Fsp3) is 0.357. The first-order valence-electron chi connectivity index (χ1n) is 5.77. The van der Waals surface area contributed by atoms with Crippen LogP contribution in [0.2, 0.25) is 0 Å². The predicted octanol–water partition coefficient (Wildman–Crippen LogP) is -1.48. The zero-order chi connectivity index (χ0) is 12.9. The maximum Gasteiger partial charge on any atom is 0.217 e. The van der Waals surface area contributed by atoms with E-state index in [4.69, 9.17) is 5.73 Å². The Morgan fingerprint density at radius 2 is 1.94 bits per heavy atom. The fourth-order valence-electron chi connectivity index (χ4n) is 2.12. The molecule has 0 radical (unpaired) electrons. The van der Waals surface area contributed by atoms with Crippen molar-refractivity contribution in [2.45, 2.75) is 6.04 Å². The molecule has 18 heavy (non-hydrogen) atoms. The smallest absolute Gasteiger partial charge is 0.217 e. The van der Waals surface area contributed by atoms with Crippen LogP contribution in [0.1, 0.15) is 11.6 Å². The molecule has 0 aliphatic carbocycles. The normalized spacial score (nSPS) is 12.4. The van der Waals surface area contributed by atoms with Gasteiger partial charge < -0.3 is 22.6 Å². The van der Waals surface area contributed by atoms with Gasteiger partial charge in [0.25, 0.3) is 0 Å². The van der Waals surface area contributed by atoms with E-state index in [0.29, 0.717) is 11.0 Å². The maximum atomic E-state index is 12.1. The summed E-state index contributed by atoms with van der Waals surface area (Å²) >= 11 is 0. The standard InChI is InChI=1S/C14H21N2O.ClH/c1-4-13(17)14(16(2,3)11-10-15)12-8-6-5-7-9-12;/h4-9,14H,1,10-11,15H2,2-3H3;1H/q+1;/p-1. The molecule has 1 aromatic rings. The Balaban J connectivity index is 0.00000289. The number of hydrogen-bond donors (Lipinski definition) is 1. The van der Waals surface area contributed by atoms with Gasteiger partial charge in [-0.1, -0.05) is 36.9 Å². The van der Waals surface area contributed by atoms with Gasteiger partial charge in [-0.05, 0) is 6.08 Å². The van der Waals surface area contributed by atoms with Gasteiger partial charge in [-0.25, -0.2) is 0 Å². The summed E-state index contributed by atoms with van der Waals surface area (Å²) in [6, 6.07) is 9.56. The zero-order valence-corrected chi connectivity index (χ0v) is 11.7. The van der Waals surface area contributed by atoms with Gasteiger partial charge in [0.1, 0.15) is 0 Å². The number of nitrogens with two attached hydrogens (primary N) is 1. The van der Waals surface area contributed by atoms with Crippen molar-refractivity contribution >= 4 is 5.78 Å². The SMILES string of the molecule is C=CC(=O)C(c1ccccc1)[N+](C)(C)CCN.[Cl-]. The third-order valence-electron chi connectivity index (χ3n) is 2.99. The summed E-state index contributed by atoms with van der Waals surface area (Å²) in [5, 5.41) is 0. The molecule has 0 fully saturated rings. The van der Waals surface area contributed by atoms with Crippen molar-refractivity contribution in [3.63, 3.8) is 0 Å². The van der Waals surface area contributed by atoms with Crippen LogP contribution in [0.3, 0.4) is 0 Å². The molecule has 0 saturated carbocycles. The molecule has 0 aliphatic rings. The van der Waals surface area contributed by atoms with Crippen molar-refractivity contribution in [3.8, 4) is 0 Å². The first kappa shape index (κ1) is 16.8. The van der Waals surface area contributed by atoms with Gasteiger partial charge in [0.2, 0.25) is 5.78 Å². The Morgan fingerprint density at radius 1 is 1.39 bits per heavy atom. The minimum absolute atomic E-state index is 0. The maximum absolute atomic E-state index is 12.1. The zero-order valence-electron chi connectivity index (χ0n) is 11.0. The van der Waals surface area contributed by atoms with Crippen LogP contribution in [0, 0.1) is 0 Å². The summed E-state index contributed by atoms with van der Waals surface area (Å²) in [6.45, 7) is 4.90. The topological polar surface area (TPSA) is 43.1 Å². The second-order valence-corrected chi connectivity index (χ2v) is 4.71. The molecule has 0 spiro atoms. The van der Waals surface area contributed by atoms with E-state index in [1.54, 1.807) is 0 Å². The molecule has 0 aromatic heterocycles. The fourth-order valence-corrected chi connectivity index (χ4v) is 2.12. The number of likely N-dealkylation sites (N-methyl/N-ethyl adjacent to an activating group) is 1. The molecule has 1 rings (SSSR count). The highest BCUT2D eigenvalue weighted by molar-refractivity contribution is 5.93. The largest absolute Gasteiger partial charge is 1.00 e. The number of nitrogens with zero attached hydrogens (tertiary/aromatic N) is 1. The number of hydrogen-bond acceptors (Lipinski definition) is 2. The van der Waals surface area contributed by atoms with E-state index in [1.807, 2.05) is 44.4 Å². The lowest BCUT2D eigenvalue weighted by atomic mass is 9.99. The van der Waals surface area contributed by atoms with Crippen LogP contribution in [0.25, 0.3) is 0 Å². The lowest BCUT2D eigenvalue weighted by Gasteiger charge is -2.36. The lowest BCUT2D eigenvalue weighted by molar-refractivity contribution is -0.909. The number of halogens is 1. The van der Waals surface area contributed by atoms with Gasteiger partial charge in [0, 0.05) is 12.1 Å². The number of rotatable bonds is 6. The van der Waals surface area contributed by atoms with Crippen molar-refractivity contribution in [1.29, 1.82) is 0 Å². The van der Waals surface area contributed by atoms with Crippen LogP contribution in [0.4, 0.5) is 0 Å². The highest BCUT2D eigenvalue weighted by atomic mass is 35.5. The van der Waals surface area contributed by atoms with E-state index >= 15 is 0 Å². The van der Waals surface area contributed by atoms with Crippen molar-refractivity contribution in [2.24, 2.45) is 5.73 Å². The van der Waals surface area contributed by atoms with Crippen LogP contribution in [0.5, 0.6) is 0 Å². The number of benzene rings is 1. The number of ketones is 1. The molecule has 3 nitrogen and oxygen atoms in total. The Kier molecular flexibility index (Phi) is 6.84. The molecule has 0 saturated heterocycles. The van der Waals surface area contributed by atoms with Crippen molar-refractivity contribution in [3.05, 3.63) is 48.6 Å². The van der Waals surface area contributed by atoms with Crippen LogP contribution in [-0.4, -0.2) is 37.5 Å². The lowest BCUT2D eigenvalue weighted by Crippen LogP contribution is -3.00. The minimum Gasteiger partial charge on any atom is -1.00 e. The van der Waals surface area contributed by atoms with E-state index in [0.717, 1.165) is 12.1 Å². The van der Waals surface area contributed by atoms with Crippen LogP contribution in [0.15, 0.2) is 43.0 Å². The number of carbonyl (C=O) groups is 1. The van der Waals surface area contributed by atoms with E-state index in [9.17, 15) is 4.79 Å². The highest BCUT2D eigenvalue weighted by Crippen LogP contribution is 2.25. The van der Waals surface area contributed by atoms with E-state index in [-0.39, 0.29) is 24.2 Å². The summed E-state index contributed by atoms with van der Waals surface area (Å²) in [4.78, 5) is 12.1. The Hall–Kier alpha value is -1.16. The average molecular weight is 269 g/mol. The number of carbonyl (C=O) groups excluding carboxylic acids is 1. The third kappa shape index (κ3) is 3.95. The quantitative estimate of drug-likeness (QED) is 0.505. The van der Waals surface area contributed by atoms with Crippen molar-refractivity contribution < 1.29 is 21.7 Å². The number of quaternary nitrogens is 1. The monoisotopic (exact) mass is 268 g/mol. The molecule has 2 N–H and O–H groups in total. The molecule has 0 aliphatic heterocycles. The third-order valence-corrected chi connectivity index (χ3v) is 2.99. The van der Waals surface area contributed by atoms with E-state index in [1.165, 1.54) is 6.08 Å². The summed E-state index contributed by atoms with van der Waals surface area (Å²) in [5.74, 6) is 0.0367. The second kappa shape index (κ2) is 7.31. The first-order valence-corrected chi connectivity index (χ1v) is 5.77. The van der Waals surface area contributed by atoms with Gasteiger partial charge >= 0.3 is 0 Å². The van der Waals surface area contributed by atoms with Crippen molar-refractivity contribution in [2.75, 3.05) is 27.2 Å². The average Bonchev–Trinajstić information content (AvgIpc) is 2.30.